The Kier molecular flexibility index (Phi) is 5.73. The van der Waals surface area contributed by atoms with Crippen molar-refractivity contribution in [3.05, 3.63) is 48.2 Å². The zero-order chi connectivity index (χ0) is 14.2. The monoisotopic (exact) mass is 275 g/mol. The number of benzene rings is 1. The fourth-order valence-electron chi connectivity index (χ4n) is 1.87. The molecule has 1 aliphatic rings. The quantitative estimate of drug-likeness (QED) is 0.778. The Morgan fingerprint density at radius 3 is 2.95 bits per heavy atom. The predicted octanol–water partition coefficient (Wildman–Crippen LogP) is 0.967. The van der Waals surface area contributed by atoms with Crippen LogP contribution in [0.3, 0.4) is 0 Å². The lowest BCUT2D eigenvalue weighted by Crippen LogP contribution is -2.36. The van der Waals surface area contributed by atoms with Crippen molar-refractivity contribution in [3.8, 4) is 0 Å². The Bertz CT molecular complexity index is 448. The third kappa shape index (κ3) is 4.77. The summed E-state index contributed by atoms with van der Waals surface area (Å²) in [4.78, 5) is 6.02. The fraction of sp³-hybridized carbons (Fsp3) is 0.400. The van der Waals surface area contributed by atoms with Crippen LogP contribution in [0.1, 0.15) is 5.56 Å². The first-order valence-electron chi connectivity index (χ1n) is 6.72. The summed E-state index contributed by atoms with van der Waals surface area (Å²) in [6.07, 6.45) is 4.54. The van der Waals surface area contributed by atoms with Crippen molar-refractivity contribution in [2.24, 2.45) is 4.99 Å². The van der Waals surface area contributed by atoms with Gasteiger partial charge >= 0.3 is 0 Å². The van der Waals surface area contributed by atoms with E-state index in [0.717, 1.165) is 6.54 Å². The number of nitrogens with zero attached hydrogens (tertiary/aromatic N) is 2. The highest BCUT2D eigenvalue weighted by molar-refractivity contribution is 5.71. The van der Waals surface area contributed by atoms with Crippen LogP contribution in [0.15, 0.2) is 47.6 Å². The Hall–Kier alpha value is -1.69. The average molecular weight is 275 g/mol. The van der Waals surface area contributed by atoms with Gasteiger partial charge in [0, 0.05) is 32.6 Å². The Balaban J connectivity index is 1.62. The summed E-state index contributed by atoms with van der Waals surface area (Å²) in [5.41, 5.74) is 1.20. The minimum atomic E-state index is -0.548. The molecule has 0 saturated heterocycles. The first-order chi connectivity index (χ1) is 9.75. The van der Waals surface area contributed by atoms with Crippen molar-refractivity contribution < 1.29 is 9.84 Å². The van der Waals surface area contributed by atoms with E-state index in [0.29, 0.717) is 6.54 Å². The Morgan fingerprint density at radius 1 is 1.40 bits per heavy atom. The summed E-state index contributed by atoms with van der Waals surface area (Å²) in [6.45, 7) is 1.48. The molecule has 0 aromatic heterocycles. The Morgan fingerprint density at radius 2 is 2.20 bits per heavy atom. The molecule has 0 radical (unpaired) electrons. The molecule has 0 bridgehead atoms. The molecule has 1 aromatic rings. The summed E-state index contributed by atoms with van der Waals surface area (Å²) in [5, 5.41) is 13.1. The van der Waals surface area contributed by atoms with E-state index in [1.54, 1.807) is 6.21 Å². The van der Waals surface area contributed by atoms with E-state index in [-0.39, 0.29) is 13.0 Å². The lowest BCUT2D eigenvalue weighted by atomic mass is 10.2. The van der Waals surface area contributed by atoms with Crippen LogP contribution in [0.2, 0.25) is 0 Å². The molecule has 0 amide bonds. The maximum Gasteiger partial charge on any atom is 0.227 e. The normalized spacial score (nSPS) is 19.3. The van der Waals surface area contributed by atoms with Crippen molar-refractivity contribution in [2.75, 3.05) is 20.2 Å². The summed E-state index contributed by atoms with van der Waals surface area (Å²) in [6, 6.07) is 10.1. The molecule has 5 nitrogen and oxygen atoms in total. The van der Waals surface area contributed by atoms with Crippen LogP contribution in [0.5, 0.6) is 0 Å². The van der Waals surface area contributed by atoms with Gasteiger partial charge in [-0.25, -0.2) is 4.99 Å². The SMILES string of the molecule is CN1C=CC=NC1OCC(O)CNCc1ccccc1. The summed E-state index contributed by atoms with van der Waals surface area (Å²) in [7, 11) is 1.89. The number of aliphatic imine (C=N–C) groups is 1. The first kappa shape index (κ1) is 14.7. The van der Waals surface area contributed by atoms with Crippen LogP contribution in [0.4, 0.5) is 0 Å². The first-order valence-corrected chi connectivity index (χ1v) is 6.72. The molecule has 0 aliphatic carbocycles. The number of hydrogen-bond acceptors (Lipinski definition) is 5. The molecule has 0 fully saturated rings. The second kappa shape index (κ2) is 7.79. The maximum atomic E-state index is 9.87. The van der Waals surface area contributed by atoms with Crippen molar-refractivity contribution in [3.63, 3.8) is 0 Å². The van der Waals surface area contributed by atoms with Crippen LogP contribution in [-0.4, -0.2) is 48.9 Å². The van der Waals surface area contributed by atoms with Crippen LogP contribution in [-0.2, 0) is 11.3 Å². The second-order valence-electron chi connectivity index (χ2n) is 4.74. The van der Waals surface area contributed by atoms with Gasteiger partial charge in [-0.2, -0.15) is 0 Å². The Labute approximate surface area is 119 Å². The number of nitrogens with one attached hydrogen (secondary N) is 1. The van der Waals surface area contributed by atoms with Gasteiger partial charge in [0.2, 0.25) is 6.35 Å². The van der Waals surface area contributed by atoms with Gasteiger partial charge in [0.05, 0.1) is 12.7 Å². The third-order valence-corrected chi connectivity index (χ3v) is 2.96. The largest absolute Gasteiger partial charge is 0.389 e. The minimum absolute atomic E-state index is 0.252. The van der Waals surface area contributed by atoms with Gasteiger partial charge in [0.25, 0.3) is 0 Å². The number of aliphatic hydroxyl groups excluding tert-OH is 1. The van der Waals surface area contributed by atoms with Gasteiger partial charge < -0.3 is 20.1 Å². The lowest BCUT2D eigenvalue weighted by Gasteiger charge is -2.26. The molecular weight excluding hydrogens is 254 g/mol. The van der Waals surface area contributed by atoms with E-state index in [9.17, 15) is 5.11 Å². The smallest absolute Gasteiger partial charge is 0.227 e. The summed E-state index contributed by atoms with van der Waals surface area (Å²) in [5.74, 6) is 0. The fourth-order valence-corrected chi connectivity index (χ4v) is 1.87. The maximum absolute atomic E-state index is 9.87. The summed E-state index contributed by atoms with van der Waals surface area (Å²) >= 11 is 0. The van der Waals surface area contributed by atoms with Crippen LogP contribution in [0, 0.1) is 0 Å². The highest BCUT2D eigenvalue weighted by Crippen LogP contribution is 2.05. The molecule has 2 rings (SSSR count). The van der Waals surface area contributed by atoms with E-state index < -0.39 is 6.10 Å². The standard InChI is InChI=1S/C15H21N3O2/c1-18-9-5-8-17-15(18)20-12-14(19)11-16-10-13-6-3-2-4-7-13/h2-9,14-16,19H,10-12H2,1H3. The molecule has 1 aromatic carbocycles. The highest BCUT2D eigenvalue weighted by atomic mass is 16.5. The highest BCUT2D eigenvalue weighted by Gasteiger charge is 2.14. The number of rotatable bonds is 7. The van der Waals surface area contributed by atoms with Gasteiger partial charge in [0.1, 0.15) is 0 Å². The van der Waals surface area contributed by atoms with E-state index in [1.807, 2.05) is 54.6 Å². The summed E-state index contributed by atoms with van der Waals surface area (Å²) < 4.78 is 5.55. The van der Waals surface area contributed by atoms with Gasteiger partial charge in [-0.05, 0) is 11.6 Å². The third-order valence-electron chi connectivity index (χ3n) is 2.96. The van der Waals surface area contributed by atoms with Gasteiger partial charge in [0.15, 0.2) is 0 Å². The molecular formula is C15H21N3O2. The second-order valence-corrected chi connectivity index (χ2v) is 4.74. The van der Waals surface area contributed by atoms with Crippen molar-refractivity contribution in [1.82, 2.24) is 10.2 Å². The lowest BCUT2D eigenvalue weighted by molar-refractivity contribution is -0.0574. The van der Waals surface area contributed by atoms with Crippen LogP contribution in [0.25, 0.3) is 0 Å². The van der Waals surface area contributed by atoms with Gasteiger partial charge in [-0.3, -0.25) is 0 Å². The number of ether oxygens (including phenoxy) is 1. The molecule has 108 valence electrons. The van der Waals surface area contributed by atoms with Crippen molar-refractivity contribution in [1.29, 1.82) is 0 Å². The van der Waals surface area contributed by atoms with E-state index in [2.05, 4.69) is 10.3 Å². The molecule has 2 atom stereocenters. The van der Waals surface area contributed by atoms with Gasteiger partial charge in [-0.15, -0.1) is 0 Å². The number of allylic oxidation sites excluding steroid dienone is 1. The predicted molar refractivity (Wildman–Crippen MR) is 79.3 cm³/mol. The number of aliphatic hydroxyl groups is 1. The molecule has 0 spiro atoms. The van der Waals surface area contributed by atoms with Crippen molar-refractivity contribution >= 4 is 6.21 Å². The molecule has 1 aliphatic heterocycles. The van der Waals surface area contributed by atoms with Crippen LogP contribution < -0.4 is 5.32 Å². The van der Waals surface area contributed by atoms with Crippen molar-refractivity contribution in [2.45, 2.75) is 19.0 Å². The van der Waals surface area contributed by atoms with Gasteiger partial charge in [-0.1, -0.05) is 30.3 Å². The molecule has 2 unspecified atom stereocenters. The van der Waals surface area contributed by atoms with E-state index in [4.69, 9.17) is 4.74 Å². The van der Waals surface area contributed by atoms with E-state index >= 15 is 0 Å². The number of hydrogen-bond donors (Lipinski definition) is 2. The molecule has 0 saturated carbocycles. The molecule has 1 heterocycles. The molecule has 20 heavy (non-hydrogen) atoms. The molecule has 2 N–H and O–H groups in total. The van der Waals surface area contributed by atoms with E-state index in [1.165, 1.54) is 5.56 Å². The zero-order valence-electron chi connectivity index (χ0n) is 11.6. The average Bonchev–Trinajstić information content (AvgIpc) is 2.47. The topological polar surface area (TPSA) is 57.1 Å². The zero-order valence-corrected chi connectivity index (χ0v) is 11.6. The minimum Gasteiger partial charge on any atom is -0.389 e. The molecule has 5 heteroatoms. The van der Waals surface area contributed by atoms with Crippen LogP contribution >= 0.6 is 0 Å².